The molecule has 0 N–H and O–H groups in total. The highest BCUT2D eigenvalue weighted by Gasteiger charge is 2.20. The van der Waals surface area contributed by atoms with Crippen molar-refractivity contribution in [2.45, 2.75) is 39.8 Å². The molecule has 1 aromatic heterocycles. The van der Waals surface area contributed by atoms with Crippen molar-refractivity contribution in [3.8, 4) is 0 Å². The van der Waals surface area contributed by atoms with Gasteiger partial charge in [0.1, 0.15) is 0 Å². The molecular weight excluding hydrogens is 190 g/mol. The molecule has 15 heavy (non-hydrogen) atoms. The average molecular weight is 207 g/mol. The summed E-state index contributed by atoms with van der Waals surface area (Å²) in [7, 11) is 0. The van der Waals surface area contributed by atoms with Crippen LogP contribution in [0, 0.1) is 0 Å². The van der Waals surface area contributed by atoms with Gasteiger partial charge < -0.3 is 4.90 Å². The first kappa shape index (κ1) is 10.2. The quantitative estimate of drug-likeness (QED) is 0.697. The maximum atomic E-state index is 11.2. The number of hydrogen-bond donors (Lipinski definition) is 0. The van der Waals surface area contributed by atoms with E-state index in [-0.39, 0.29) is 5.91 Å². The van der Waals surface area contributed by atoms with E-state index in [1.807, 2.05) is 9.58 Å². The normalized spacial score (nSPS) is 15.6. The largest absolute Gasteiger partial charge is 0.335 e. The van der Waals surface area contributed by atoms with Gasteiger partial charge in [0.15, 0.2) is 0 Å². The fourth-order valence-corrected chi connectivity index (χ4v) is 1.84. The van der Waals surface area contributed by atoms with E-state index in [1.54, 1.807) is 6.92 Å². The molecule has 0 bridgehead atoms. The number of hydrogen-bond acceptors (Lipinski definition) is 2. The third-order valence-corrected chi connectivity index (χ3v) is 2.85. The Hall–Kier alpha value is -1.32. The molecule has 1 aromatic rings. The lowest BCUT2D eigenvalue weighted by molar-refractivity contribution is -0.130. The van der Waals surface area contributed by atoms with Crippen LogP contribution in [-0.4, -0.2) is 27.1 Å². The maximum absolute atomic E-state index is 11.2. The molecule has 1 aliphatic rings. The summed E-state index contributed by atoms with van der Waals surface area (Å²) in [4.78, 5) is 13.1. The van der Waals surface area contributed by atoms with Gasteiger partial charge in [-0.05, 0) is 12.0 Å². The Morgan fingerprint density at radius 2 is 2.20 bits per heavy atom. The van der Waals surface area contributed by atoms with Gasteiger partial charge in [0.25, 0.3) is 0 Å². The molecule has 0 aromatic carbocycles. The lowest BCUT2D eigenvalue weighted by Gasteiger charge is -2.26. The zero-order chi connectivity index (χ0) is 11.0. The minimum Gasteiger partial charge on any atom is -0.335 e. The van der Waals surface area contributed by atoms with E-state index in [2.05, 4.69) is 25.0 Å². The first-order valence-corrected chi connectivity index (χ1v) is 5.40. The minimum atomic E-state index is 0.147. The average Bonchev–Trinajstić information content (AvgIpc) is 2.59. The molecule has 0 unspecified atom stereocenters. The fraction of sp³-hybridized carbons (Fsp3) is 0.636. The number of carbonyl (C=O) groups excluding carboxylic acids is 1. The van der Waals surface area contributed by atoms with Gasteiger partial charge in [-0.15, -0.1) is 0 Å². The Kier molecular flexibility index (Phi) is 2.50. The van der Waals surface area contributed by atoms with Crippen LogP contribution < -0.4 is 0 Å². The lowest BCUT2D eigenvalue weighted by atomic mass is 10.1. The first-order valence-electron chi connectivity index (χ1n) is 5.40. The van der Waals surface area contributed by atoms with Crippen LogP contribution in [0.2, 0.25) is 0 Å². The Morgan fingerprint density at radius 3 is 2.80 bits per heavy atom. The molecule has 0 aliphatic carbocycles. The van der Waals surface area contributed by atoms with E-state index >= 15 is 0 Å². The highest BCUT2D eigenvalue weighted by Crippen LogP contribution is 2.18. The highest BCUT2D eigenvalue weighted by atomic mass is 16.2. The number of rotatable bonds is 1. The van der Waals surface area contributed by atoms with Crippen molar-refractivity contribution in [1.82, 2.24) is 14.7 Å². The monoisotopic (exact) mass is 207 g/mol. The van der Waals surface area contributed by atoms with Gasteiger partial charge >= 0.3 is 0 Å². The van der Waals surface area contributed by atoms with Gasteiger partial charge in [0.2, 0.25) is 5.91 Å². The van der Waals surface area contributed by atoms with Gasteiger partial charge in [-0.2, -0.15) is 5.10 Å². The molecule has 1 aliphatic heterocycles. The van der Waals surface area contributed by atoms with E-state index in [0.717, 1.165) is 24.5 Å². The second kappa shape index (κ2) is 3.68. The molecule has 2 rings (SSSR count). The molecule has 0 spiro atoms. The summed E-state index contributed by atoms with van der Waals surface area (Å²) >= 11 is 0. The number of carbonyl (C=O) groups is 1. The summed E-state index contributed by atoms with van der Waals surface area (Å²) in [6.07, 6.45) is 0. The first-order chi connectivity index (χ1) is 7.08. The van der Waals surface area contributed by atoms with Crippen LogP contribution in [0.3, 0.4) is 0 Å². The summed E-state index contributed by atoms with van der Waals surface area (Å²) in [6.45, 7) is 8.20. The summed E-state index contributed by atoms with van der Waals surface area (Å²) in [5.74, 6) is 0.599. The third kappa shape index (κ3) is 1.89. The van der Waals surface area contributed by atoms with E-state index in [1.165, 1.54) is 0 Å². The van der Waals surface area contributed by atoms with Crippen LogP contribution >= 0.6 is 0 Å². The van der Waals surface area contributed by atoms with Crippen LogP contribution in [-0.2, 0) is 17.9 Å². The maximum Gasteiger partial charge on any atom is 0.219 e. The van der Waals surface area contributed by atoms with Crippen LogP contribution in [0.5, 0.6) is 0 Å². The zero-order valence-corrected chi connectivity index (χ0v) is 9.53. The van der Waals surface area contributed by atoms with E-state index in [0.29, 0.717) is 12.5 Å². The van der Waals surface area contributed by atoms with Crippen LogP contribution in [0.4, 0.5) is 0 Å². The molecule has 82 valence electrons. The molecule has 0 saturated heterocycles. The van der Waals surface area contributed by atoms with Gasteiger partial charge in [-0.25, -0.2) is 0 Å². The molecule has 2 heterocycles. The second-order valence-electron chi connectivity index (χ2n) is 4.38. The fourth-order valence-electron chi connectivity index (χ4n) is 1.84. The third-order valence-electron chi connectivity index (χ3n) is 2.85. The van der Waals surface area contributed by atoms with Crippen LogP contribution in [0.1, 0.15) is 38.1 Å². The molecule has 4 heteroatoms. The van der Waals surface area contributed by atoms with Crippen molar-refractivity contribution in [2.24, 2.45) is 0 Å². The molecule has 4 nitrogen and oxygen atoms in total. The van der Waals surface area contributed by atoms with Crippen molar-refractivity contribution in [3.63, 3.8) is 0 Å². The Labute approximate surface area is 89.9 Å². The van der Waals surface area contributed by atoms with Gasteiger partial charge in [-0.1, -0.05) is 13.8 Å². The van der Waals surface area contributed by atoms with E-state index in [4.69, 9.17) is 0 Å². The van der Waals surface area contributed by atoms with Crippen LogP contribution in [0.25, 0.3) is 0 Å². The van der Waals surface area contributed by atoms with Crippen molar-refractivity contribution < 1.29 is 4.79 Å². The summed E-state index contributed by atoms with van der Waals surface area (Å²) < 4.78 is 2.02. The molecular formula is C11H17N3O. The summed E-state index contributed by atoms with van der Waals surface area (Å²) in [5, 5.41) is 4.52. The number of nitrogens with zero attached hydrogens (tertiary/aromatic N) is 3. The Balaban J connectivity index is 2.22. The molecule has 1 amide bonds. The number of fused-ring (bicyclic) bond motifs is 1. The van der Waals surface area contributed by atoms with Crippen molar-refractivity contribution >= 4 is 5.91 Å². The Bertz CT molecular complexity index is 381. The summed E-state index contributed by atoms with van der Waals surface area (Å²) in [5.41, 5.74) is 2.27. The predicted molar refractivity (Wildman–Crippen MR) is 57.4 cm³/mol. The molecule has 0 radical (unpaired) electrons. The van der Waals surface area contributed by atoms with E-state index in [9.17, 15) is 4.79 Å². The molecule has 0 saturated carbocycles. The lowest BCUT2D eigenvalue weighted by Crippen LogP contribution is -2.36. The minimum absolute atomic E-state index is 0.147. The standard InChI is InChI=1S/C11H17N3O/c1-8(2)11-6-10-7-13(9(3)15)4-5-14(10)12-11/h6,8H,4-5,7H2,1-3H3. The SMILES string of the molecule is CC(=O)N1CCn2nc(C(C)C)cc2C1. The molecule has 0 fully saturated rings. The van der Waals surface area contributed by atoms with Gasteiger partial charge in [0, 0.05) is 13.5 Å². The number of aromatic nitrogens is 2. The van der Waals surface area contributed by atoms with Gasteiger partial charge in [0.05, 0.1) is 24.5 Å². The smallest absolute Gasteiger partial charge is 0.219 e. The predicted octanol–water partition coefficient (Wildman–Crippen LogP) is 1.37. The van der Waals surface area contributed by atoms with Gasteiger partial charge in [-0.3, -0.25) is 9.48 Å². The highest BCUT2D eigenvalue weighted by molar-refractivity contribution is 5.73. The van der Waals surface area contributed by atoms with Crippen molar-refractivity contribution in [2.75, 3.05) is 6.54 Å². The topological polar surface area (TPSA) is 38.1 Å². The van der Waals surface area contributed by atoms with Crippen molar-refractivity contribution in [3.05, 3.63) is 17.5 Å². The second-order valence-corrected chi connectivity index (χ2v) is 4.38. The zero-order valence-electron chi connectivity index (χ0n) is 9.53. The van der Waals surface area contributed by atoms with E-state index < -0.39 is 0 Å². The summed E-state index contributed by atoms with van der Waals surface area (Å²) in [6, 6.07) is 2.11. The Morgan fingerprint density at radius 1 is 1.47 bits per heavy atom. The molecule has 0 atom stereocenters. The van der Waals surface area contributed by atoms with Crippen LogP contribution in [0.15, 0.2) is 6.07 Å². The van der Waals surface area contributed by atoms with Crippen molar-refractivity contribution in [1.29, 1.82) is 0 Å². The number of amides is 1.